The summed E-state index contributed by atoms with van der Waals surface area (Å²) < 4.78 is 9.42. The molecule has 0 aromatic carbocycles. The van der Waals surface area contributed by atoms with E-state index in [9.17, 15) is 4.79 Å². The van der Waals surface area contributed by atoms with E-state index in [4.69, 9.17) is 9.72 Å². The molecule has 0 atom stereocenters. The molecule has 0 radical (unpaired) electrons. The molecule has 8 nitrogen and oxygen atoms in total. The van der Waals surface area contributed by atoms with Gasteiger partial charge >= 0.3 is 0 Å². The van der Waals surface area contributed by atoms with Crippen LogP contribution >= 0.6 is 0 Å². The highest BCUT2D eigenvalue weighted by molar-refractivity contribution is 5.98. The average Bonchev–Trinajstić information content (AvgIpc) is 3.32. The Labute approximate surface area is 211 Å². The van der Waals surface area contributed by atoms with E-state index in [0.29, 0.717) is 24.0 Å². The van der Waals surface area contributed by atoms with Crippen LogP contribution in [0.25, 0.3) is 27.8 Å². The first-order valence-corrected chi connectivity index (χ1v) is 12.9. The molecule has 6 heterocycles. The van der Waals surface area contributed by atoms with Crippen LogP contribution in [0.2, 0.25) is 0 Å². The van der Waals surface area contributed by atoms with E-state index in [2.05, 4.69) is 28.6 Å². The number of nitrogens with zero attached hydrogens (tertiary/aromatic N) is 6. The van der Waals surface area contributed by atoms with Crippen molar-refractivity contribution in [3.05, 3.63) is 58.9 Å². The van der Waals surface area contributed by atoms with Gasteiger partial charge in [-0.05, 0) is 43.5 Å². The van der Waals surface area contributed by atoms with Crippen LogP contribution in [-0.2, 0) is 18.3 Å². The monoisotopic (exact) mass is 486 g/mol. The molecule has 36 heavy (non-hydrogen) atoms. The molecule has 0 spiro atoms. The summed E-state index contributed by atoms with van der Waals surface area (Å²) in [7, 11) is 1.87. The van der Waals surface area contributed by atoms with Crippen molar-refractivity contribution in [2.45, 2.75) is 33.2 Å². The standard InChI is InChI=1S/C28H34N6O2/c1-28(2)7-10-32(11-8-28)18-21-25-20(16-29-17-23(25)33-12-14-36-15-13-33)27(35)31(3)26(21)22-19-34-9-5-4-6-24(34)30-22/h4-6,9,16-17,19H,7-8,10-15,18H2,1-3H3. The van der Waals surface area contributed by atoms with Gasteiger partial charge in [0.1, 0.15) is 11.3 Å². The summed E-state index contributed by atoms with van der Waals surface area (Å²) in [6.07, 6.45) is 10.0. The molecule has 4 aromatic heterocycles. The van der Waals surface area contributed by atoms with Crippen LogP contribution in [0.15, 0.2) is 47.8 Å². The number of pyridine rings is 3. The molecule has 2 aliphatic heterocycles. The fraction of sp³-hybridized carbons (Fsp3) is 0.464. The van der Waals surface area contributed by atoms with Gasteiger partial charge in [-0.15, -0.1) is 0 Å². The molecule has 2 saturated heterocycles. The normalized spacial score (nSPS) is 18.8. The van der Waals surface area contributed by atoms with Crippen LogP contribution in [0.1, 0.15) is 32.3 Å². The lowest BCUT2D eigenvalue weighted by molar-refractivity contribution is 0.122. The summed E-state index contributed by atoms with van der Waals surface area (Å²) in [4.78, 5) is 28.0. The van der Waals surface area contributed by atoms with E-state index in [1.165, 1.54) is 0 Å². The van der Waals surface area contributed by atoms with Gasteiger partial charge in [0.25, 0.3) is 5.56 Å². The number of anilines is 1. The van der Waals surface area contributed by atoms with Crippen molar-refractivity contribution in [1.82, 2.24) is 23.8 Å². The number of imidazole rings is 1. The fourth-order valence-electron chi connectivity index (χ4n) is 5.65. The van der Waals surface area contributed by atoms with Crippen LogP contribution in [0.4, 0.5) is 5.69 Å². The lowest BCUT2D eigenvalue weighted by Gasteiger charge is -2.37. The molecule has 0 saturated carbocycles. The van der Waals surface area contributed by atoms with Crippen LogP contribution in [0.5, 0.6) is 0 Å². The van der Waals surface area contributed by atoms with Crippen molar-refractivity contribution in [1.29, 1.82) is 0 Å². The van der Waals surface area contributed by atoms with Gasteiger partial charge in [-0.25, -0.2) is 4.98 Å². The first-order chi connectivity index (χ1) is 17.4. The van der Waals surface area contributed by atoms with Gasteiger partial charge in [0.15, 0.2) is 0 Å². The molecular formula is C28H34N6O2. The Bertz CT molecular complexity index is 1440. The summed E-state index contributed by atoms with van der Waals surface area (Å²) in [6, 6.07) is 5.98. The third-order valence-corrected chi connectivity index (χ3v) is 7.93. The smallest absolute Gasteiger partial charge is 0.260 e. The average molecular weight is 487 g/mol. The van der Waals surface area contributed by atoms with Crippen molar-refractivity contribution in [2.24, 2.45) is 12.5 Å². The number of hydrogen-bond acceptors (Lipinski definition) is 6. The van der Waals surface area contributed by atoms with Gasteiger partial charge in [-0.3, -0.25) is 14.7 Å². The third-order valence-electron chi connectivity index (χ3n) is 7.93. The first-order valence-electron chi connectivity index (χ1n) is 12.9. The number of fused-ring (bicyclic) bond motifs is 2. The van der Waals surface area contributed by atoms with Gasteiger partial charge in [0, 0.05) is 56.2 Å². The summed E-state index contributed by atoms with van der Waals surface area (Å²) in [5.41, 5.74) is 5.08. The van der Waals surface area contributed by atoms with Crippen molar-refractivity contribution in [2.75, 3.05) is 44.3 Å². The topological polar surface area (TPSA) is 67.9 Å². The molecular weight excluding hydrogens is 452 g/mol. The number of rotatable bonds is 4. The highest BCUT2D eigenvalue weighted by atomic mass is 16.5. The van der Waals surface area contributed by atoms with Gasteiger partial charge in [-0.1, -0.05) is 19.9 Å². The second-order valence-electron chi connectivity index (χ2n) is 10.9. The molecule has 0 bridgehead atoms. The number of piperidine rings is 1. The van der Waals surface area contributed by atoms with Crippen molar-refractivity contribution in [3.63, 3.8) is 0 Å². The molecule has 2 aliphatic rings. The zero-order valence-electron chi connectivity index (χ0n) is 21.4. The van der Waals surface area contributed by atoms with Gasteiger partial charge < -0.3 is 18.6 Å². The third kappa shape index (κ3) is 4.08. The molecule has 188 valence electrons. The van der Waals surface area contributed by atoms with E-state index in [0.717, 1.165) is 79.2 Å². The predicted octanol–water partition coefficient (Wildman–Crippen LogP) is 3.71. The SMILES string of the molecule is Cn1c(-c2cn3ccccc3n2)c(CN2CCC(C)(C)CC2)c2c(N3CCOCC3)cncc2c1=O. The maximum Gasteiger partial charge on any atom is 0.260 e. The number of morpholine rings is 1. The lowest BCUT2D eigenvalue weighted by atomic mass is 9.82. The molecule has 0 N–H and O–H groups in total. The number of aromatic nitrogens is 4. The summed E-state index contributed by atoms with van der Waals surface area (Å²) in [5.74, 6) is 0. The van der Waals surface area contributed by atoms with Gasteiger partial charge in [-0.2, -0.15) is 0 Å². The Morgan fingerprint density at radius 2 is 1.83 bits per heavy atom. The van der Waals surface area contributed by atoms with Crippen LogP contribution in [0.3, 0.4) is 0 Å². The maximum absolute atomic E-state index is 13.7. The predicted molar refractivity (Wildman–Crippen MR) is 142 cm³/mol. The van der Waals surface area contributed by atoms with Gasteiger partial charge in [0.2, 0.25) is 0 Å². The van der Waals surface area contributed by atoms with Crippen molar-refractivity contribution in [3.8, 4) is 11.4 Å². The van der Waals surface area contributed by atoms with E-state index in [1.807, 2.05) is 48.2 Å². The minimum Gasteiger partial charge on any atom is -0.378 e. The minimum absolute atomic E-state index is 0.0387. The Morgan fingerprint density at radius 1 is 1.06 bits per heavy atom. The van der Waals surface area contributed by atoms with Crippen LogP contribution < -0.4 is 10.5 Å². The first kappa shape index (κ1) is 23.2. The summed E-state index contributed by atoms with van der Waals surface area (Å²) in [5, 5.41) is 1.67. The van der Waals surface area contributed by atoms with Gasteiger partial charge in [0.05, 0.1) is 36.2 Å². The number of likely N-dealkylation sites (tertiary alicyclic amines) is 1. The number of ether oxygens (including phenoxy) is 1. The largest absolute Gasteiger partial charge is 0.378 e. The van der Waals surface area contributed by atoms with Crippen LogP contribution in [0, 0.1) is 5.41 Å². The molecule has 6 rings (SSSR count). The zero-order chi connectivity index (χ0) is 24.9. The van der Waals surface area contributed by atoms with E-state index in [1.54, 1.807) is 10.8 Å². The van der Waals surface area contributed by atoms with E-state index in [-0.39, 0.29) is 5.56 Å². The maximum atomic E-state index is 13.7. The Balaban J connectivity index is 1.59. The summed E-state index contributed by atoms with van der Waals surface area (Å²) >= 11 is 0. The fourth-order valence-corrected chi connectivity index (χ4v) is 5.65. The summed E-state index contributed by atoms with van der Waals surface area (Å²) in [6.45, 7) is 10.5. The van der Waals surface area contributed by atoms with Crippen molar-refractivity contribution < 1.29 is 4.74 Å². The molecule has 4 aromatic rings. The minimum atomic E-state index is -0.0387. The molecule has 8 heteroatoms. The Hall–Kier alpha value is -3.23. The highest BCUT2D eigenvalue weighted by Crippen LogP contribution is 2.37. The second kappa shape index (κ2) is 9.01. The second-order valence-corrected chi connectivity index (χ2v) is 10.9. The van der Waals surface area contributed by atoms with Crippen molar-refractivity contribution >= 4 is 22.1 Å². The Kier molecular flexibility index (Phi) is 5.80. The quantitative estimate of drug-likeness (QED) is 0.438. The molecule has 0 amide bonds. The zero-order valence-corrected chi connectivity index (χ0v) is 21.4. The Morgan fingerprint density at radius 3 is 2.58 bits per heavy atom. The lowest BCUT2D eigenvalue weighted by Crippen LogP contribution is -2.38. The highest BCUT2D eigenvalue weighted by Gasteiger charge is 2.29. The van der Waals surface area contributed by atoms with E-state index < -0.39 is 0 Å². The molecule has 0 aliphatic carbocycles. The van der Waals surface area contributed by atoms with Crippen LogP contribution in [-0.4, -0.2) is 63.2 Å². The molecule has 2 fully saturated rings. The van der Waals surface area contributed by atoms with E-state index >= 15 is 0 Å². The molecule has 0 unspecified atom stereocenters. The number of hydrogen-bond donors (Lipinski definition) is 0.